The molecule has 0 aromatic carbocycles. The van der Waals surface area contributed by atoms with Crippen molar-refractivity contribution in [2.75, 3.05) is 13.1 Å². The first kappa shape index (κ1) is 13.8. The predicted molar refractivity (Wildman–Crippen MR) is 74.6 cm³/mol. The van der Waals surface area contributed by atoms with Crippen molar-refractivity contribution < 1.29 is 0 Å². The van der Waals surface area contributed by atoms with Crippen LogP contribution in [0.4, 0.5) is 0 Å². The van der Waals surface area contributed by atoms with Crippen LogP contribution in [-0.4, -0.2) is 33.8 Å². The van der Waals surface area contributed by atoms with Gasteiger partial charge in [-0.15, -0.1) is 0 Å². The maximum absolute atomic E-state index is 6.28. The van der Waals surface area contributed by atoms with Crippen LogP contribution in [0, 0.1) is 12.3 Å². The van der Waals surface area contributed by atoms with Crippen LogP contribution in [0.1, 0.15) is 31.5 Å². The van der Waals surface area contributed by atoms with Gasteiger partial charge in [-0.3, -0.25) is 9.58 Å². The third-order valence-electron chi connectivity index (χ3n) is 4.04. The molecule has 1 unspecified atom stereocenters. The molecule has 18 heavy (non-hydrogen) atoms. The molecule has 0 bridgehead atoms. The van der Waals surface area contributed by atoms with Crippen LogP contribution in [0.2, 0.25) is 5.15 Å². The van der Waals surface area contributed by atoms with E-state index in [2.05, 4.69) is 23.8 Å². The molecule has 0 saturated carbocycles. The van der Waals surface area contributed by atoms with E-state index in [9.17, 15) is 0 Å². The zero-order valence-corrected chi connectivity index (χ0v) is 12.5. The van der Waals surface area contributed by atoms with E-state index in [1.807, 2.05) is 14.0 Å². The topological polar surface area (TPSA) is 47.1 Å². The Balaban J connectivity index is 2.11. The van der Waals surface area contributed by atoms with Gasteiger partial charge < -0.3 is 5.73 Å². The molecule has 2 N–H and O–H groups in total. The van der Waals surface area contributed by atoms with E-state index >= 15 is 0 Å². The molecule has 1 atom stereocenters. The van der Waals surface area contributed by atoms with Crippen molar-refractivity contribution in [3.63, 3.8) is 0 Å². The van der Waals surface area contributed by atoms with E-state index in [-0.39, 0.29) is 5.41 Å². The van der Waals surface area contributed by atoms with Crippen LogP contribution >= 0.6 is 11.6 Å². The molecule has 0 aliphatic carbocycles. The van der Waals surface area contributed by atoms with Crippen molar-refractivity contribution >= 4 is 11.6 Å². The highest BCUT2D eigenvalue weighted by Crippen LogP contribution is 2.30. The Bertz CT molecular complexity index is 438. The molecule has 0 amide bonds. The molecule has 102 valence electrons. The number of likely N-dealkylation sites (tertiary alicyclic amines) is 1. The Labute approximate surface area is 114 Å². The first-order valence-corrected chi connectivity index (χ1v) is 6.85. The second-order valence-corrected chi connectivity index (χ2v) is 6.43. The highest BCUT2D eigenvalue weighted by Gasteiger charge is 2.33. The summed E-state index contributed by atoms with van der Waals surface area (Å²) in [6.45, 7) is 9.41. The summed E-state index contributed by atoms with van der Waals surface area (Å²) in [6.07, 6.45) is 1.05. The Morgan fingerprint density at radius 3 is 2.67 bits per heavy atom. The highest BCUT2D eigenvalue weighted by molar-refractivity contribution is 6.30. The summed E-state index contributed by atoms with van der Waals surface area (Å²) in [5.74, 6) is 0. The van der Waals surface area contributed by atoms with Crippen LogP contribution in [-0.2, 0) is 13.6 Å². The van der Waals surface area contributed by atoms with Gasteiger partial charge in [0, 0.05) is 38.3 Å². The maximum atomic E-state index is 6.28. The minimum absolute atomic E-state index is 0.167. The van der Waals surface area contributed by atoms with Gasteiger partial charge in [0.05, 0.1) is 5.69 Å². The summed E-state index contributed by atoms with van der Waals surface area (Å²) in [4.78, 5) is 2.43. The SMILES string of the molecule is Cc1nn(C)c(Cl)c1CN1CCC(N)C(C)(C)C1. The van der Waals surface area contributed by atoms with Crippen LogP contribution in [0.15, 0.2) is 0 Å². The van der Waals surface area contributed by atoms with E-state index in [4.69, 9.17) is 17.3 Å². The predicted octanol–water partition coefficient (Wildman–Crippen LogP) is 1.94. The Morgan fingerprint density at radius 1 is 1.50 bits per heavy atom. The lowest BCUT2D eigenvalue weighted by atomic mass is 9.79. The zero-order chi connectivity index (χ0) is 13.5. The van der Waals surface area contributed by atoms with Crippen LogP contribution in [0.5, 0.6) is 0 Å². The van der Waals surface area contributed by atoms with Crippen molar-refractivity contribution in [3.05, 3.63) is 16.4 Å². The Hall–Kier alpha value is -0.580. The standard InChI is InChI=1S/C13H23ClN4/c1-9-10(12(14)17(4)16-9)7-18-6-5-11(15)13(2,3)8-18/h11H,5-8,15H2,1-4H3. The molecule has 2 rings (SSSR count). The van der Waals surface area contributed by atoms with Crippen molar-refractivity contribution in [1.29, 1.82) is 0 Å². The number of halogens is 1. The summed E-state index contributed by atoms with van der Waals surface area (Å²) in [7, 11) is 1.88. The van der Waals surface area contributed by atoms with Gasteiger partial charge in [0.2, 0.25) is 0 Å². The minimum Gasteiger partial charge on any atom is -0.327 e. The third-order valence-corrected chi connectivity index (χ3v) is 4.52. The molecule has 1 aliphatic rings. The zero-order valence-electron chi connectivity index (χ0n) is 11.7. The van der Waals surface area contributed by atoms with Gasteiger partial charge in [0.1, 0.15) is 5.15 Å². The first-order chi connectivity index (χ1) is 8.31. The van der Waals surface area contributed by atoms with Gasteiger partial charge in [0.25, 0.3) is 0 Å². The van der Waals surface area contributed by atoms with E-state index in [0.29, 0.717) is 6.04 Å². The number of piperidine rings is 1. The van der Waals surface area contributed by atoms with E-state index in [1.165, 1.54) is 0 Å². The number of aryl methyl sites for hydroxylation is 2. The molecule has 5 heteroatoms. The molecule has 1 fully saturated rings. The lowest BCUT2D eigenvalue weighted by Gasteiger charge is -2.42. The van der Waals surface area contributed by atoms with Crippen LogP contribution in [0.3, 0.4) is 0 Å². The van der Waals surface area contributed by atoms with Gasteiger partial charge in [-0.05, 0) is 18.8 Å². The summed E-state index contributed by atoms with van der Waals surface area (Å²) in [5, 5.41) is 5.11. The smallest absolute Gasteiger partial charge is 0.131 e. The average molecular weight is 271 g/mol. The van der Waals surface area contributed by atoms with Gasteiger partial charge in [-0.1, -0.05) is 25.4 Å². The monoisotopic (exact) mass is 270 g/mol. The van der Waals surface area contributed by atoms with Gasteiger partial charge >= 0.3 is 0 Å². The molecule has 1 aromatic rings. The van der Waals surface area contributed by atoms with Crippen molar-refractivity contribution in [2.45, 2.75) is 39.8 Å². The quantitative estimate of drug-likeness (QED) is 0.893. The summed E-state index contributed by atoms with van der Waals surface area (Å²) < 4.78 is 1.74. The summed E-state index contributed by atoms with van der Waals surface area (Å²) in [6, 6.07) is 0.291. The molecule has 2 heterocycles. The van der Waals surface area contributed by atoms with Crippen LogP contribution in [0.25, 0.3) is 0 Å². The summed E-state index contributed by atoms with van der Waals surface area (Å²) >= 11 is 6.28. The van der Waals surface area contributed by atoms with Gasteiger partial charge in [-0.2, -0.15) is 5.10 Å². The molecule has 4 nitrogen and oxygen atoms in total. The summed E-state index contributed by atoms with van der Waals surface area (Å²) in [5.41, 5.74) is 8.50. The number of aromatic nitrogens is 2. The number of nitrogens with zero attached hydrogens (tertiary/aromatic N) is 3. The normalized spacial score (nSPS) is 24.4. The molecular formula is C13H23ClN4. The molecule has 1 saturated heterocycles. The molecular weight excluding hydrogens is 248 g/mol. The fraction of sp³-hybridized carbons (Fsp3) is 0.769. The van der Waals surface area contributed by atoms with Crippen molar-refractivity contribution in [2.24, 2.45) is 18.2 Å². The first-order valence-electron chi connectivity index (χ1n) is 6.47. The lowest BCUT2D eigenvalue weighted by Crippen LogP contribution is -2.52. The molecule has 0 spiro atoms. The van der Waals surface area contributed by atoms with E-state index < -0.39 is 0 Å². The molecule has 1 aliphatic heterocycles. The second kappa shape index (κ2) is 4.83. The highest BCUT2D eigenvalue weighted by atomic mass is 35.5. The molecule has 1 aromatic heterocycles. The number of nitrogens with two attached hydrogens (primary N) is 1. The van der Waals surface area contributed by atoms with Crippen molar-refractivity contribution in [3.8, 4) is 0 Å². The number of hydrogen-bond acceptors (Lipinski definition) is 3. The number of hydrogen-bond donors (Lipinski definition) is 1. The van der Waals surface area contributed by atoms with Crippen molar-refractivity contribution in [1.82, 2.24) is 14.7 Å². The fourth-order valence-electron chi connectivity index (χ4n) is 2.70. The van der Waals surface area contributed by atoms with Crippen LogP contribution < -0.4 is 5.73 Å². The average Bonchev–Trinajstić information content (AvgIpc) is 2.50. The second-order valence-electron chi connectivity index (χ2n) is 6.07. The fourth-order valence-corrected chi connectivity index (χ4v) is 2.93. The molecule has 0 radical (unpaired) electrons. The third kappa shape index (κ3) is 2.56. The van der Waals surface area contributed by atoms with Gasteiger partial charge in [0.15, 0.2) is 0 Å². The Morgan fingerprint density at radius 2 is 2.17 bits per heavy atom. The van der Waals surface area contributed by atoms with E-state index in [1.54, 1.807) is 4.68 Å². The lowest BCUT2D eigenvalue weighted by molar-refractivity contribution is 0.0897. The minimum atomic E-state index is 0.167. The Kier molecular flexibility index (Phi) is 3.72. The van der Waals surface area contributed by atoms with Gasteiger partial charge in [-0.25, -0.2) is 0 Å². The maximum Gasteiger partial charge on any atom is 0.131 e. The largest absolute Gasteiger partial charge is 0.327 e. The number of rotatable bonds is 2. The van der Waals surface area contributed by atoms with E-state index in [0.717, 1.165) is 42.5 Å².